The molecule has 2 aromatic rings. The van der Waals surface area contributed by atoms with Crippen molar-refractivity contribution in [3.63, 3.8) is 0 Å². The van der Waals surface area contributed by atoms with E-state index in [4.69, 9.17) is 5.11 Å². The van der Waals surface area contributed by atoms with E-state index in [1.54, 1.807) is 11.3 Å². The fourth-order valence-corrected chi connectivity index (χ4v) is 3.87. The largest absolute Gasteiger partial charge is 0.478 e. The molecule has 1 aromatic carbocycles. The lowest BCUT2D eigenvalue weighted by molar-refractivity contribution is 0.0695. The van der Waals surface area contributed by atoms with Gasteiger partial charge in [-0.15, -0.1) is 11.3 Å². The molecule has 2 rings (SSSR count). The Labute approximate surface area is 134 Å². The lowest BCUT2D eigenvalue weighted by atomic mass is 10.2. The molecular formula is C13H12BrNO4S2. The maximum atomic E-state index is 12.1. The Balaban J connectivity index is 2.12. The molecule has 2 N–H and O–H groups in total. The Hall–Kier alpha value is -1.22. The van der Waals surface area contributed by atoms with Crippen molar-refractivity contribution < 1.29 is 18.3 Å². The van der Waals surface area contributed by atoms with Crippen molar-refractivity contribution in [2.75, 3.05) is 6.54 Å². The molecule has 0 aliphatic carbocycles. The summed E-state index contributed by atoms with van der Waals surface area (Å²) < 4.78 is 27.1. The van der Waals surface area contributed by atoms with Crippen molar-refractivity contribution in [2.24, 2.45) is 0 Å². The summed E-state index contributed by atoms with van der Waals surface area (Å²) in [5.74, 6) is -1.18. The first-order chi connectivity index (χ1) is 9.90. The highest BCUT2D eigenvalue weighted by Gasteiger charge is 2.17. The van der Waals surface area contributed by atoms with Crippen LogP contribution in [-0.2, 0) is 16.4 Å². The van der Waals surface area contributed by atoms with Crippen molar-refractivity contribution in [3.05, 3.63) is 50.6 Å². The predicted molar refractivity (Wildman–Crippen MR) is 84.3 cm³/mol. The second kappa shape index (κ2) is 6.69. The average Bonchev–Trinajstić information content (AvgIpc) is 2.91. The molecule has 0 amide bonds. The quantitative estimate of drug-likeness (QED) is 0.795. The normalized spacial score (nSPS) is 11.5. The van der Waals surface area contributed by atoms with E-state index in [2.05, 4.69) is 20.7 Å². The fraction of sp³-hybridized carbons (Fsp3) is 0.154. The Kier molecular flexibility index (Phi) is 5.15. The number of thiophene rings is 1. The third kappa shape index (κ3) is 4.13. The molecule has 0 saturated carbocycles. The van der Waals surface area contributed by atoms with Crippen LogP contribution in [0.5, 0.6) is 0 Å². The molecule has 8 heteroatoms. The zero-order chi connectivity index (χ0) is 15.5. The summed E-state index contributed by atoms with van der Waals surface area (Å²) in [6.07, 6.45) is 0.596. The number of carboxylic acid groups (broad SMARTS) is 1. The summed E-state index contributed by atoms with van der Waals surface area (Å²) in [6, 6.07) is 7.75. The van der Waals surface area contributed by atoms with Gasteiger partial charge in [0.05, 0.1) is 10.5 Å². The Morgan fingerprint density at radius 3 is 2.71 bits per heavy atom. The van der Waals surface area contributed by atoms with Crippen LogP contribution in [0.25, 0.3) is 0 Å². The third-order valence-electron chi connectivity index (χ3n) is 2.72. The van der Waals surface area contributed by atoms with Crippen LogP contribution in [0.3, 0.4) is 0 Å². The van der Waals surface area contributed by atoms with Gasteiger partial charge in [0.15, 0.2) is 0 Å². The average molecular weight is 390 g/mol. The maximum absolute atomic E-state index is 12.1. The number of sulfonamides is 1. The molecule has 0 spiro atoms. The third-order valence-corrected chi connectivity index (χ3v) is 5.81. The minimum atomic E-state index is -3.72. The highest BCUT2D eigenvalue weighted by molar-refractivity contribution is 9.10. The number of aromatic carboxylic acids is 1. The van der Waals surface area contributed by atoms with E-state index in [-0.39, 0.29) is 17.0 Å². The van der Waals surface area contributed by atoms with Crippen molar-refractivity contribution in [1.29, 1.82) is 0 Å². The molecule has 21 heavy (non-hydrogen) atoms. The van der Waals surface area contributed by atoms with E-state index in [0.717, 1.165) is 10.9 Å². The summed E-state index contributed by atoms with van der Waals surface area (Å²) in [4.78, 5) is 12.0. The second-order valence-electron chi connectivity index (χ2n) is 4.17. The van der Waals surface area contributed by atoms with Crippen LogP contribution in [-0.4, -0.2) is 26.0 Å². The minimum Gasteiger partial charge on any atom is -0.478 e. The molecule has 0 bridgehead atoms. The Morgan fingerprint density at radius 2 is 2.10 bits per heavy atom. The van der Waals surface area contributed by atoms with Gasteiger partial charge in [-0.05, 0) is 52.0 Å². The summed E-state index contributed by atoms with van der Waals surface area (Å²) in [7, 11) is -3.72. The van der Waals surface area contributed by atoms with Gasteiger partial charge in [0.25, 0.3) is 0 Å². The van der Waals surface area contributed by atoms with Gasteiger partial charge in [-0.25, -0.2) is 17.9 Å². The second-order valence-corrected chi connectivity index (χ2v) is 7.83. The van der Waals surface area contributed by atoms with Crippen molar-refractivity contribution >= 4 is 43.3 Å². The predicted octanol–water partition coefficient (Wildman–Crippen LogP) is 2.73. The molecule has 1 aromatic heterocycles. The van der Waals surface area contributed by atoms with E-state index in [1.165, 1.54) is 12.1 Å². The molecule has 0 aliphatic heterocycles. The number of carboxylic acids is 1. The number of halogens is 1. The number of benzene rings is 1. The van der Waals surface area contributed by atoms with Crippen LogP contribution in [0.15, 0.2) is 45.1 Å². The standard InChI is InChI=1S/C13H12BrNO4S2/c14-12-4-3-10(8-11(12)13(16)17)21(18,19)15-6-5-9-2-1-7-20-9/h1-4,7-8,15H,5-6H2,(H,16,17). The van der Waals surface area contributed by atoms with Gasteiger partial charge >= 0.3 is 5.97 Å². The fourth-order valence-electron chi connectivity index (χ4n) is 1.68. The first-order valence-electron chi connectivity index (χ1n) is 5.95. The van der Waals surface area contributed by atoms with Gasteiger partial charge < -0.3 is 5.11 Å². The number of hydrogen-bond donors (Lipinski definition) is 2. The topological polar surface area (TPSA) is 83.5 Å². The molecular weight excluding hydrogens is 378 g/mol. The Bertz CT molecular complexity index is 742. The van der Waals surface area contributed by atoms with E-state index in [9.17, 15) is 13.2 Å². The van der Waals surface area contributed by atoms with E-state index >= 15 is 0 Å². The summed E-state index contributed by atoms with van der Waals surface area (Å²) in [5, 5.41) is 10.9. The molecule has 0 aliphatic rings. The van der Waals surface area contributed by atoms with Gasteiger partial charge in [-0.2, -0.15) is 0 Å². The molecule has 1 heterocycles. The van der Waals surface area contributed by atoms with Crippen LogP contribution >= 0.6 is 27.3 Å². The molecule has 0 unspecified atom stereocenters. The first-order valence-corrected chi connectivity index (χ1v) is 9.10. The van der Waals surface area contributed by atoms with Gasteiger partial charge in [-0.1, -0.05) is 6.07 Å². The molecule has 5 nitrogen and oxygen atoms in total. The van der Waals surface area contributed by atoms with E-state index in [0.29, 0.717) is 10.9 Å². The lowest BCUT2D eigenvalue weighted by Crippen LogP contribution is -2.26. The highest BCUT2D eigenvalue weighted by Crippen LogP contribution is 2.21. The highest BCUT2D eigenvalue weighted by atomic mass is 79.9. The van der Waals surface area contributed by atoms with Gasteiger partial charge in [0, 0.05) is 15.9 Å². The number of nitrogens with one attached hydrogen (secondary N) is 1. The first kappa shape index (κ1) is 16.2. The molecule has 0 atom stereocenters. The molecule has 0 radical (unpaired) electrons. The van der Waals surface area contributed by atoms with Gasteiger partial charge in [0.2, 0.25) is 10.0 Å². The van der Waals surface area contributed by atoms with Gasteiger partial charge in [0.1, 0.15) is 0 Å². The van der Waals surface area contributed by atoms with Crippen LogP contribution < -0.4 is 4.72 Å². The van der Waals surface area contributed by atoms with Crippen LogP contribution in [0, 0.1) is 0 Å². The summed E-state index contributed by atoms with van der Waals surface area (Å²) in [5.41, 5.74) is -0.0869. The smallest absolute Gasteiger partial charge is 0.336 e. The van der Waals surface area contributed by atoms with E-state index in [1.807, 2.05) is 17.5 Å². The zero-order valence-corrected chi connectivity index (χ0v) is 14.0. The zero-order valence-electron chi connectivity index (χ0n) is 10.7. The van der Waals surface area contributed by atoms with Crippen LogP contribution in [0.4, 0.5) is 0 Å². The molecule has 0 fully saturated rings. The van der Waals surface area contributed by atoms with Crippen molar-refractivity contribution in [3.8, 4) is 0 Å². The summed E-state index contributed by atoms with van der Waals surface area (Å²) >= 11 is 4.64. The van der Waals surface area contributed by atoms with Crippen molar-refractivity contribution in [1.82, 2.24) is 4.72 Å². The SMILES string of the molecule is O=C(O)c1cc(S(=O)(=O)NCCc2cccs2)ccc1Br. The molecule has 0 saturated heterocycles. The van der Waals surface area contributed by atoms with Crippen molar-refractivity contribution in [2.45, 2.75) is 11.3 Å². The number of rotatable bonds is 6. The minimum absolute atomic E-state index is 0.0609. The number of carbonyl (C=O) groups is 1. The van der Waals surface area contributed by atoms with Crippen LogP contribution in [0.2, 0.25) is 0 Å². The van der Waals surface area contributed by atoms with E-state index < -0.39 is 16.0 Å². The monoisotopic (exact) mass is 389 g/mol. The lowest BCUT2D eigenvalue weighted by Gasteiger charge is -2.08. The van der Waals surface area contributed by atoms with Gasteiger partial charge in [-0.3, -0.25) is 0 Å². The maximum Gasteiger partial charge on any atom is 0.336 e. The van der Waals surface area contributed by atoms with Crippen LogP contribution in [0.1, 0.15) is 15.2 Å². The molecule has 112 valence electrons. The Morgan fingerprint density at radius 1 is 1.33 bits per heavy atom. The summed E-state index contributed by atoms with van der Waals surface area (Å²) in [6.45, 7) is 0.265. The number of hydrogen-bond acceptors (Lipinski definition) is 4.